The number of nitrogens with zero attached hydrogens (tertiary/aromatic N) is 1. The summed E-state index contributed by atoms with van der Waals surface area (Å²) in [5.74, 6) is -20.9. The van der Waals surface area contributed by atoms with E-state index in [1.54, 1.807) is 48.5 Å². The highest BCUT2D eigenvalue weighted by atomic mass is 16.5. The van der Waals surface area contributed by atoms with E-state index in [1.807, 2.05) is 0 Å². The van der Waals surface area contributed by atoms with Crippen molar-refractivity contribution in [3.8, 4) is 17.2 Å². The van der Waals surface area contributed by atoms with Gasteiger partial charge in [0.05, 0.1) is 39.3 Å². The second-order valence-corrected chi connectivity index (χ2v) is 29.2. The number of aliphatic hydroxyl groups excluding tert-OH is 3. The van der Waals surface area contributed by atoms with Crippen molar-refractivity contribution in [2.75, 3.05) is 33.4 Å². The first kappa shape index (κ1) is 95.5. The third-order valence-electron chi connectivity index (χ3n) is 19.8. The molecule has 656 valence electrons. The lowest BCUT2D eigenvalue weighted by Gasteiger charge is -2.31. The number of fused-ring (bicyclic) bond motifs is 1. The second-order valence-electron chi connectivity index (χ2n) is 29.2. The fraction of sp³-hybridized carbons (Fsp3) is 0.427. The summed E-state index contributed by atoms with van der Waals surface area (Å²) in [5, 5.41) is 115. The Labute approximate surface area is 699 Å². The summed E-state index contributed by atoms with van der Waals surface area (Å²) in [6.07, 6.45) is -7.88. The van der Waals surface area contributed by atoms with Gasteiger partial charge in [0.25, 0.3) is 0 Å². The van der Waals surface area contributed by atoms with Crippen molar-refractivity contribution in [2.45, 2.75) is 188 Å². The minimum absolute atomic E-state index is 0.0668. The molecule has 0 bridgehead atoms. The van der Waals surface area contributed by atoms with Crippen molar-refractivity contribution in [2.24, 2.45) is 0 Å². The van der Waals surface area contributed by atoms with Crippen molar-refractivity contribution in [1.29, 1.82) is 0 Å². The number of hydrogen-bond donors (Lipinski definition) is 21. The Balaban J connectivity index is 1.28. The minimum Gasteiger partial charge on any atom is -0.508 e. The standard InChI is InChI=1S/C82H102N14O26/c1-44(99)69(95-78(116)64(43-98)93-72(110)56(84-45(2)100)35-46-13-6-4-7-14-46)80(118)90-58(37-48-19-25-51(101)26-20-48)74(112)85-54-17-10-11-33-83-66(104)40-59(75(113)92-62(82(120)121)39-50-23-29-53(103)30-24-50)88-71(109)55(31-32-68(107)122-3)86-73(111)57(36-47-15-8-5-9-16-47)87-76(114)60(41-67(105)106)89-77(115)63(42-97)94-79(117)65-18-12-34-96(65)81(119)61(91-70(54)108)38-49-21-27-52(102)28-22-49/h4-9,13-16,19-30,44,54-65,69,97-99,101-103H,10-12,17-18,31-43H2,1-3H3,(H,83,104)(H,84,100)(H,85,112)(H,86,111)(H,87,114)(H,88,109)(H,89,115)(H,90,118)(H,91,108)(H,92,113)(H,93,110)(H,94,117)(H,95,116)(H,105,106)(H,120,121)/t44-,54+,55+,56+,57+,58+,59+,60+,61+,62+,63+,64+,65+,69+/m1/s1. The lowest BCUT2D eigenvalue weighted by atomic mass is 10.0. The SMILES string of the molecule is COC(=O)CC[C@@H]1NC(=O)[C@H](Cc2ccccc2)NC(=O)[C@H](CC(=O)O)NC(=O)[C@H](CO)NC(=O)[C@@H]2CCCN2C(=O)[C@H](Cc2ccc(O)cc2)NC(=O)[C@@H](NC(=O)[C@H](Cc2ccc(O)cc2)NC(=O)[C@@H](NC(=O)[C@H](CO)NC(=O)[C@H](Cc2ccccc2)NC(C)=O)[C@@H](C)O)CCCCNC(=O)C[C@@H](C(=O)N[C@@H](Cc2ccc(O)cc2)C(=O)O)NC1=O. The van der Waals surface area contributed by atoms with Crippen LogP contribution in [0.1, 0.15) is 99.5 Å². The van der Waals surface area contributed by atoms with Gasteiger partial charge in [0.2, 0.25) is 82.7 Å². The van der Waals surface area contributed by atoms with Crippen LogP contribution in [0.4, 0.5) is 0 Å². The molecular weight excluding hydrogens is 1600 g/mol. The molecule has 14 amide bonds. The average molecular weight is 1700 g/mol. The molecule has 2 aliphatic heterocycles. The van der Waals surface area contributed by atoms with Crippen LogP contribution in [0, 0.1) is 0 Å². The number of carboxylic acid groups (broad SMARTS) is 2. The highest BCUT2D eigenvalue weighted by Crippen LogP contribution is 2.23. The first-order valence-corrected chi connectivity index (χ1v) is 39.1. The quantitative estimate of drug-likeness (QED) is 0.0194. The summed E-state index contributed by atoms with van der Waals surface area (Å²) in [7, 11) is 1.00. The Hall–Kier alpha value is -13.6. The normalized spacial score (nSPS) is 20.8. The first-order chi connectivity index (χ1) is 58.1. The van der Waals surface area contributed by atoms with E-state index >= 15 is 14.4 Å². The van der Waals surface area contributed by atoms with E-state index in [-0.39, 0.29) is 73.6 Å². The maximum absolute atomic E-state index is 15.4. The molecule has 2 aliphatic rings. The fourth-order valence-corrected chi connectivity index (χ4v) is 13.3. The number of carbonyl (C=O) groups is 17. The van der Waals surface area contributed by atoms with Gasteiger partial charge in [-0.05, 0) is 110 Å². The zero-order valence-corrected chi connectivity index (χ0v) is 66.9. The van der Waals surface area contributed by atoms with E-state index in [2.05, 4.69) is 69.1 Å². The molecule has 0 aromatic heterocycles. The van der Waals surface area contributed by atoms with Crippen LogP contribution >= 0.6 is 0 Å². The number of rotatable bonds is 30. The number of esters is 1. The van der Waals surface area contributed by atoms with Crippen molar-refractivity contribution in [3.05, 3.63) is 161 Å². The van der Waals surface area contributed by atoms with Crippen LogP contribution < -0.4 is 69.1 Å². The number of methoxy groups -OCH3 is 1. The minimum atomic E-state index is -2.13. The lowest BCUT2D eigenvalue weighted by Crippen LogP contribution is -2.62. The molecule has 0 saturated carbocycles. The number of nitrogens with one attached hydrogen (secondary N) is 13. The largest absolute Gasteiger partial charge is 0.508 e. The number of carbonyl (C=O) groups excluding carboxylic acids is 15. The van der Waals surface area contributed by atoms with Gasteiger partial charge in [-0.2, -0.15) is 0 Å². The van der Waals surface area contributed by atoms with Gasteiger partial charge < -0.3 is 120 Å². The molecule has 0 radical (unpaired) electrons. The van der Waals surface area contributed by atoms with Gasteiger partial charge in [-0.25, -0.2) is 4.79 Å². The number of hydrogen-bond acceptors (Lipinski definition) is 24. The van der Waals surface area contributed by atoms with Crippen molar-refractivity contribution in [3.63, 3.8) is 0 Å². The van der Waals surface area contributed by atoms with Gasteiger partial charge >= 0.3 is 17.9 Å². The van der Waals surface area contributed by atoms with E-state index in [1.165, 1.54) is 84.9 Å². The number of ether oxygens (including phenoxy) is 1. The monoisotopic (exact) mass is 1700 g/mol. The number of aromatic hydroxyl groups is 3. The lowest BCUT2D eigenvalue weighted by molar-refractivity contribution is -0.143. The predicted octanol–water partition coefficient (Wildman–Crippen LogP) is -4.29. The Morgan fingerprint density at radius 3 is 1.54 bits per heavy atom. The third kappa shape index (κ3) is 30.3. The smallest absolute Gasteiger partial charge is 0.326 e. The van der Waals surface area contributed by atoms with Gasteiger partial charge in [-0.1, -0.05) is 97.1 Å². The molecule has 40 nitrogen and oxygen atoms in total. The van der Waals surface area contributed by atoms with E-state index < -0.39 is 256 Å². The summed E-state index contributed by atoms with van der Waals surface area (Å²) in [6.45, 7) is -0.634. The van der Waals surface area contributed by atoms with E-state index in [4.69, 9.17) is 4.74 Å². The number of carboxylic acids is 2. The van der Waals surface area contributed by atoms with Crippen LogP contribution in [0.3, 0.4) is 0 Å². The highest BCUT2D eigenvalue weighted by molar-refractivity contribution is 6.01. The zero-order chi connectivity index (χ0) is 89.3. The molecule has 5 aromatic rings. The van der Waals surface area contributed by atoms with Crippen LogP contribution in [0.2, 0.25) is 0 Å². The van der Waals surface area contributed by atoms with Crippen molar-refractivity contribution >= 4 is 101 Å². The summed E-state index contributed by atoms with van der Waals surface area (Å²) in [5.41, 5.74) is 1.76. The molecule has 14 atom stereocenters. The van der Waals surface area contributed by atoms with Crippen LogP contribution in [-0.4, -0.2) is 264 Å². The predicted molar refractivity (Wildman–Crippen MR) is 428 cm³/mol. The maximum Gasteiger partial charge on any atom is 0.326 e. The van der Waals surface area contributed by atoms with Crippen LogP contribution in [-0.2, 0) is 118 Å². The molecule has 2 saturated heterocycles. The number of aliphatic hydroxyl groups is 3. The first-order valence-electron chi connectivity index (χ1n) is 39.1. The number of phenols is 3. The molecule has 7 rings (SSSR count). The Morgan fingerprint density at radius 1 is 0.500 bits per heavy atom. The van der Waals surface area contributed by atoms with Crippen molar-refractivity contribution < 1.29 is 127 Å². The van der Waals surface area contributed by atoms with E-state index in [0.29, 0.717) is 16.7 Å². The summed E-state index contributed by atoms with van der Waals surface area (Å²) in [4.78, 5) is 241. The molecule has 0 unspecified atom stereocenters. The topological polar surface area (TPSA) is 621 Å². The Bertz CT molecular complexity index is 4510. The number of amides is 14. The summed E-state index contributed by atoms with van der Waals surface area (Å²) >= 11 is 0. The number of phenolic OH excluding ortho intramolecular Hbond substituents is 3. The summed E-state index contributed by atoms with van der Waals surface area (Å²) in [6, 6.07) is 8.22. The Morgan fingerprint density at radius 2 is 0.984 bits per heavy atom. The zero-order valence-electron chi connectivity index (χ0n) is 66.9. The summed E-state index contributed by atoms with van der Waals surface area (Å²) < 4.78 is 4.80. The van der Waals surface area contributed by atoms with Gasteiger partial charge in [0.1, 0.15) is 95.8 Å². The molecule has 0 aliphatic carbocycles. The molecule has 21 N–H and O–H groups in total. The van der Waals surface area contributed by atoms with Gasteiger partial charge in [0, 0.05) is 58.5 Å². The average Bonchev–Trinajstić information content (AvgIpc) is 1.59. The van der Waals surface area contributed by atoms with Crippen LogP contribution in [0.15, 0.2) is 133 Å². The molecule has 2 heterocycles. The highest BCUT2D eigenvalue weighted by Gasteiger charge is 2.43. The number of aliphatic carboxylic acids is 2. The van der Waals surface area contributed by atoms with Crippen molar-refractivity contribution in [1.82, 2.24) is 74.0 Å². The molecule has 2 fully saturated rings. The van der Waals surface area contributed by atoms with Gasteiger partial charge in [0.15, 0.2) is 0 Å². The third-order valence-corrected chi connectivity index (χ3v) is 19.8. The van der Waals surface area contributed by atoms with Gasteiger partial charge in [-0.3, -0.25) is 76.7 Å². The molecule has 0 spiro atoms. The Kier molecular flexibility index (Phi) is 37.0. The van der Waals surface area contributed by atoms with Crippen LogP contribution in [0.5, 0.6) is 17.2 Å². The maximum atomic E-state index is 15.4. The van der Waals surface area contributed by atoms with E-state index in [0.717, 1.165) is 25.9 Å². The van der Waals surface area contributed by atoms with Gasteiger partial charge in [-0.15, -0.1) is 0 Å². The molecule has 40 heteroatoms. The van der Waals surface area contributed by atoms with E-state index in [9.17, 15) is 108 Å². The molecule has 122 heavy (non-hydrogen) atoms. The van der Waals surface area contributed by atoms with Crippen LogP contribution in [0.25, 0.3) is 0 Å². The molecule has 5 aromatic carbocycles. The fourth-order valence-electron chi connectivity index (χ4n) is 13.3. The number of benzene rings is 5. The second kappa shape index (κ2) is 47.2. The molecular formula is C82H102N14O26.